The number of halogens is 3. The highest BCUT2D eigenvalue weighted by Gasteiger charge is 2.59. The van der Waals surface area contributed by atoms with Gasteiger partial charge in [0.1, 0.15) is 5.41 Å². The third kappa shape index (κ3) is 2.66. The van der Waals surface area contributed by atoms with Crippen LogP contribution in [0.2, 0.25) is 0 Å². The summed E-state index contributed by atoms with van der Waals surface area (Å²) in [7, 11) is 0. The van der Waals surface area contributed by atoms with Crippen molar-refractivity contribution in [1.29, 1.82) is 0 Å². The van der Waals surface area contributed by atoms with Gasteiger partial charge in [0.15, 0.2) is 0 Å². The minimum atomic E-state index is -4.44. The third-order valence-electron chi connectivity index (χ3n) is 6.35. The fourth-order valence-corrected chi connectivity index (χ4v) is 4.86. The number of rotatable bonds is 1. The van der Waals surface area contributed by atoms with Gasteiger partial charge in [0.2, 0.25) is 0 Å². The van der Waals surface area contributed by atoms with Crippen molar-refractivity contribution in [2.45, 2.75) is 25.6 Å². The SMILES string of the molecule is CC1=NN(c2ccccc2)C(=O)[C@@]12Cc1cc(C(F)(F)F)ccc1N1CCOC[C@H]12. The van der Waals surface area contributed by atoms with E-state index in [9.17, 15) is 18.0 Å². The van der Waals surface area contributed by atoms with Crippen molar-refractivity contribution in [2.75, 3.05) is 29.7 Å². The van der Waals surface area contributed by atoms with Crippen molar-refractivity contribution in [1.82, 2.24) is 0 Å². The average Bonchev–Trinajstić information content (AvgIpc) is 2.99. The van der Waals surface area contributed by atoms with Crippen molar-refractivity contribution in [2.24, 2.45) is 10.5 Å². The number of anilines is 2. The van der Waals surface area contributed by atoms with Gasteiger partial charge in [-0.15, -0.1) is 0 Å². The van der Waals surface area contributed by atoms with E-state index >= 15 is 0 Å². The summed E-state index contributed by atoms with van der Waals surface area (Å²) in [6.45, 7) is 3.07. The standard InChI is InChI=1S/C22H20F3N3O2/c1-14-21(20(29)28(26-14)17-5-3-2-4-6-17)12-15-11-16(22(23,24)25)7-8-18(15)27-9-10-30-13-19(21)27/h2-8,11,19H,9-10,12-13H2,1H3/t19-,21-/m0/s1. The number of para-hydroxylation sites is 1. The van der Waals surface area contributed by atoms with Crippen LogP contribution < -0.4 is 9.91 Å². The lowest BCUT2D eigenvalue weighted by molar-refractivity contribution is -0.137. The summed E-state index contributed by atoms with van der Waals surface area (Å²) in [6.07, 6.45) is -4.28. The Morgan fingerprint density at radius 2 is 1.93 bits per heavy atom. The first-order valence-corrected chi connectivity index (χ1v) is 9.82. The molecule has 3 heterocycles. The predicted molar refractivity (Wildman–Crippen MR) is 107 cm³/mol. The van der Waals surface area contributed by atoms with Gasteiger partial charge in [0, 0.05) is 12.2 Å². The zero-order valence-electron chi connectivity index (χ0n) is 16.3. The zero-order valence-corrected chi connectivity index (χ0v) is 16.3. The van der Waals surface area contributed by atoms with Gasteiger partial charge in [-0.25, -0.2) is 0 Å². The highest BCUT2D eigenvalue weighted by atomic mass is 19.4. The Balaban J connectivity index is 1.64. The Morgan fingerprint density at radius 1 is 1.17 bits per heavy atom. The summed E-state index contributed by atoms with van der Waals surface area (Å²) < 4.78 is 45.8. The monoisotopic (exact) mass is 415 g/mol. The first-order valence-electron chi connectivity index (χ1n) is 9.82. The van der Waals surface area contributed by atoms with Crippen LogP contribution in [-0.4, -0.2) is 37.4 Å². The molecule has 0 N–H and O–H groups in total. The molecule has 2 aromatic carbocycles. The molecule has 5 rings (SSSR count). The molecule has 8 heteroatoms. The topological polar surface area (TPSA) is 45.1 Å². The second kappa shape index (κ2) is 6.57. The number of alkyl halides is 3. The van der Waals surface area contributed by atoms with Crippen molar-refractivity contribution >= 4 is 23.0 Å². The van der Waals surface area contributed by atoms with Gasteiger partial charge in [0.25, 0.3) is 5.91 Å². The number of benzene rings is 2. The van der Waals surface area contributed by atoms with E-state index in [2.05, 4.69) is 5.10 Å². The van der Waals surface area contributed by atoms with Crippen LogP contribution in [0.15, 0.2) is 53.6 Å². The van der Waals surface area contributed by atoms with Crippen LogP contribution in [0.4, 0.5) is 24.5 Å². The Morgan fingerprint density at radius 3 is 2.67 bits per heavy atom. The summed E-state index contributed by atoms with van der Waals surface area (Å²) in [5.41, 5.74) is 0.717. The lowest BCUT2D eigenvalue weighted by Crippen LogP contribution is -2.64. The smallest absolute Gasteiger partial charge is 0.377 e. The van der Waals surface area contributed by atoms with Crippen LogP contribution in [-0.2, 0) is 22.1 Å². The molecule has 0 saturated carbocycles. The molecule has 30 heavy (non-hydrogen) atoms. The molecule has 1 saturated heterocycles. The Hall–Kier alpha value is -2.87. The largest absolute Gasteiger partial charge is 0.416 e. The first-order chi connectivity index (χ1) is 14.3. The van der Waals surface area contributed by atoms with Crippen LogP contribution >= 0.6 is 0 Å². The van der Waals surface area contributed by atoms with Crippen LogP contribution in [0.25, 0.3) is 0 Å². The maximum Gasteiger partial charge on any atom is 0.416 e. The maximum atomic E-state index is 13.7. The summed E-state index contributed by atoms with van der Waals surface area (Å²) in [6, 6.07) is 12.6. The van der Waals surface area contributed by atoms with E-state index in [1.54, 1.807) is 19.1 Å². The maximum absolute atomic E-state index is 13.7. The minimum Gasteiger partial charge on any atom is -0.377 e. The van der Waals surface area contributed by atoms with Gasteiger partial charge in [-0.1, -0.05) is 18.2 Å². The molecular weight excluding hydrogens is 395 g/mol. The second-order valence-corrected chi connectivity index (χ2v) is 7.91. The molecule has 0 radical (unpaired) electrons. The number of carbonyl (C=O) groups is 1. The molecule has 0 aliphatic carbocycles. The lowest BCUT2D eigenvalue weighted by Gasteiger charge is -2.50. The van der Waals surface area contributed by atoms with Crippen LogP contribution in [0.1, 0.15) is 18.1 Å². The second-order valence-electron chi connectivity index (χ2n) is 7.91. The van der Waals surface area contributed by atoms with E-state index in [-0.39, 0.29) is 18.4 Å². The number of fused-ring (bicyclic) bond motifs is 4. The molecule has 0 unspecified atom stereocenters. The molecule has 0 aromatic heterocycles. The van der Waals surface area contributed by atoms with Gasteiger partial charge in [0.05, 0.1) is 36.2 Å². The van der Waals surface area contributed by atoms with E-state index in [1.165, 1.54) is 17.1 Å². The quantitative estimate of drug-likeness (QED) is 0.710. The molecule has 3 aliphatic rings. The number of carbonyl (C=O) groups excluding carboxylic acids is 1. The van der Waals surface area contributed by atoms with E-state index < -0.39 is 17.2 Å². The fraction of sp³-hybridized carbons (Fsp3) is 0.364. The van der Waals surface area contributed by atoms with Crippen LogP contribution in [0.5, 0.6) is 0 Å². The highest BCUT2D eigenvalue weighted by Crippen LogP contribution is 2.48. The van der Waals surface area contributed by atoms with E-state index in [0.29, 0.717) is 36.7 Å². The predicted octanol–water partition coefficient (Wildman–Crippen LogP) is 3.88. The number of hydrogen-bond acceptors (Lipinski definition) is 4. The lowest BCUT2D eigenvalue weighted by atomic mass is 9.67. The molecule has 5 nitrogen and oxygen atoms in total. The Kier molecular flexibility index (Phi) is 4.18. The van der Waals surface area contributed by atoms with Crippen molar-refractivity contribution in [3.63, 3.8) is 0 Å². The molecule has 1 fully saturated rings. The summed E-state index contributed by atoms with van der Waals surface area (Å²) in [5.74, 6) is -0.227. The third-order valence-corrected chi connectivity index (χ3v) is 6.35. The van der Waals surface area contributed by atoms with E-state index in [0.717, 1.165) is 11.8 Å². The van der Waals surface area contributed by atoms with Crippen molar-refractivity contribution in [3.05, 3.63) is 59.7 Å². The van der Waals surface area contributed by atoms with Crippen LogP contribution in [0.3, 0.4) is 0 Å². The summed E-state index contributed by atoms with van der Waals surface area (Å²) >= 11 is 0. The average molecular weight is 415 g/mol. The van der Waals surface area contributed by atoms with Gasteiger partial charge in [-0.05, 0) is 49.2 Å². The van der Waals surface area contributed by atoms with Gasteiger partial charge < -0.3 is 9.64 Å². The normalized spacial score (nSPS) is 25.9. The summed E-state index contributed by atoms with van der Waals surface area (Å²) in [4.78, 5) is 15.8. The molecule has 1 amide bonds. The molecule has 1 spiro atoms. The van der Waals surface area contributed by atoms with E-state index in [1.807, 2.05) is 23.1 Å². The first kappa shape index (κ1) is 19.1. The van der Waals surface area contributed by atoms with Gasteiger partial charge >= 0.3 is 6.18 Å². The summed E-state index contributed by atoms with van der Waals surface area (Å²) in [5, 5.41) is 5.92. The molecule has 2 aromatic rings. The molecule has 2 atom stereocenters. The highest BCUT2D eigenvalue weighted by molar-refractivity contribution is 6.20. The molecule has 3 aliphatic heterocycles. The molecule has 156 valence electrons. The van der Waals surface area contributed by atoms with E-state index in [4.69, 9.17) is 4.74 Å². The molecular formula is C22H20F3N3O2. The number of amides is 1. The number of nitrogens with zero attached hydrogens (tertiary/aromatic N) is 3. The Labute approximate surface area is 171 Å². The Bertz CT molecular complexity index is 1040. The fourth-order valence-electron chi connectivity index (χ4n) is 4.86. The van der Waals surface area contributed by atoms with Crippen LogP contribution in [0, 0.1) is 5.41 Å². The number of morpholine rings is 1. The van der Waals surface area contributed by atoms with Crippen molar-refractivity contribution < 1.29 is 22.7 Å². The van der Waals surface area contributed by atoms with Gasteiger partial charge in [-0.2, -0.15) is 23.3 Å². The van der Waals surface area contributed by atoms with Gasteiger partial charge in [-0.3, -0.25) is 4.79 Å². The zero-order chi connectivity index (χ0) is 21.1. The number of ether oxygens (including phenoxy) is 1. The number of hydrazone groups is 1. The minimum absolute atomic E-state index is 0.161. The number of hydrogen-bond donors (Lipinski definition) is 0. The van der Waals surface area contributed by atoms with Crippen molar-refractivity contribution in [3.8, 4) is 0 Å². The molecule has 0 bridgehead atoms.